The molecule has 1 saturated heterocycles. The molecular weight excluding hydrogens is 578 g/mol. The zero-order chi connectivity index (χ0) is 32.8. The number of Topliss-reactive ketones (excluding diaryl/α,β-unsaturated/α-hetero) is 1. The van der Waals surface area contributed by atoms with Crippen LogP contribution >= 0.6 is 0 Å². The highest BCUT2D eigenvalue weighted by Gasteiger charge is 2.70. The van der Waals surface area contributed by atoms with Gasteiger partial charge in [0.15, 0.2) is 0 Å². The van der Waals surface area contributed by atoms with Gasteiger partial charge in [-0.25, -0.2) is 9.59 Å². The maximum absolute atomic E-state index is 14.3. The Labute approximate surface area is 265 Å². The third-order valence-corrected chi connectivity index (χ3v) is 11.1. The number of ketones is 1. The number of piperidine rings is 1. The fourth-order valence-electron chi connectivity index (χ4n) is 7.38. The van der Waals surface area contributed by atoms with Gasteiger partial charge in [-0.1, -0.05) is 60.3 Å². The molecule has 1 heterocycles. The van der Waals surface area contributed by atoms with Crippen molar-refractivity contribution in [3.8, 4) is 0 Å². The second-order valence-corrected chi connectivity index (χ2v) is 15.9. The zero-order valence-corrected chi connectivity index (χ0v) is 27.4. The first-order valence-electron chi connectivity index (χ1n) is 16.8. The van der Waals surface area contributed by atoms with Crippen molar-refractivity contribution in [2.45, 2.75) is 117 Å². The zero-order valence-electron chi connectivity index (χ0n) is 27.4. The topological polar surface area (TPSA) is 177 Å². The fraction of sp³-hybridized carbons (Fsp3) is 0.818. The summed E-state index contributed by atoms with van der Waals surface area (Å²) < 4.78 is 5.51. The van der Waals surface area contributed by atoms with Crippen LogP contribution in [0.15, 0.2) is 0 Å². The molecule has 0 aromatic carbocycles. The number of hydrogen-bond acceptors (Lipinski definition) is 7. The van der Waals surface area contributed by atoms with Gasteiger partial charge >= 0.3 is 12.0 Å². The van der Waals surface area contributed by atoms with E-state index in [-0.39, 0.29) is 29.1 Å². The molecule has 45 heavy (non-hydrogen) atoms. The molecule has 4 saturated carbocycles. The molecule has 5 fully saturated rings. The second kappa shape index (κ2) is 12.5. The van der Waals surface area contributed by atoms with E-state index in [0.717, 1.165) is 51.4 Å². The maximum atomic E-state index is 14.3. The van der Waals surface area contributed by atoms with Crippen LogP contribution < -0.4 is 21.7 Å². The van der Waals surface area contributed by atoms with Crippen molar-refractivity contribution < 1.29 is 33.5 Å². The van der Waals surface area contributed by atoms with Crippen molar-refractivity contribution in [2.24, 2.45) is 46.2 Å². The third kappa shape index (κ3) is 7.14. The summed E-state index contributed by atoms with van der Waals surface area (Å²) >= 11 is 0. The number of rotatable bonds is 13. The van der Waals surface area contributed by atoms with Gasteiger partial charge in [0.25, 0.3) is 5.91 Å². The van der Waals surface area contributed by atoms with Crippen LogP contribution in [0.1, 0.15) is 92.4 Å². The molecule has 5 amide bonds. The molecular formula is C33H51N5O7. The molecule has 5 rings (SSSR count). The van der Waals surface area contributed by atoms with Crippen molar-refractivity contribution in [3.05, 3.63) is 0 Å². The fourth-order valence-corrected chi connectivity index (χ4v) is 7.38. The molecule has 12 heteroatoms. The summed E-state index contributed by atoms with van der Waals surface area (Å²) in [6.45, 7) is 10.3. The first kappa shape index (κ1) is 33.2. The Morgan fingerprint density at radius 1 is 0.911 bits per heavy atom. The maximum Gasteiger partial charge on any atom is 0.328 e. The molecule has 0 aromatic heterocycles. The Kier molecular flexibility index (Phi) is 9.26. The lowest BCUT2D eigenvalue weighted by atomic mass is 9.79. The number of likely N-dealkylation sites (tertiary alicyclic amines) is 1. The second-order valence-electron chi connectivity index (χ2n) is 15.9. The van der Waals surface area contributed by atoms with E-state index in [0.29, 0.717) is 25.5 Å². The van der Waals surface area contributed by atoms with Gasteiger partial charge in [0.1, 0.15) is 18.1 Å². The standard InChI is InChI=1S/C33H51N5O7/c1-32(2,3)26(37-31(44)36-23(19-10-7-11-19)30(43)45-16-18-12-13-18)29(42)38-15-20-22(33(20,4)5)24(38)28(41)35-21(25(39)27(34)40)14-17-8-6-9-17/h17-24,26H,6-16H2,1-5H3,(H2,34,40)(H,35,41)(H2,36,37,44)/t20-,21?,22-,23-,24-,26+/m0/s1. The number of hydrogen-bond donors (Lipinski definition) is 4. The summed E-state index contributed by atoms with van der Waals surface area (Å²) in [6, 6.07) is -4.33. The summed E-state index contributed by atoms with van der Waals surface area (Å²) in [7, 11) is 0. The first-order chi connectivity index (χ1) is 21.1. The molecule has 250 valence electrons. The minimum Gasteiger partial charge on any atom is -0.464 e. The number of nitrogens with one attached hydrogen (secondary N) is 3. The molecule has 6 atom stereocenters. The molecule has 4 aliphatic carbocycles. The Balaban J connectivity index is 1.30. The Bertz CT molecular complexity index is 1220. The van der Waals surface area contributed by atoms with Gasteiger partial charge in [0.2, 0.25) is 17.6 Å². The lowest BCUT2D eigenvalue weighted by Gasteiger charge is -2.38. The van der Waals surface area contributed by atoms with Crippen LogP contribution in [0.4, 0.5) is 4.79 Å². The number of ether oxygens (including phenoxy) is 1. The van der Waals surface area contributed by atoms with E-state index in [1.54, 1.807) is 0 Å². The number of nitrogens with zero attached hydrogens (tertiary/aromatic N) is 1. The summed E-state index contributed by atoms with van der Waals surface area (Å²) in [5.41, 5.74) is 4.41. The first-order valence-corrected chi connectivity index (χ1v) is 16.8. The molecule has 0 bridgehead atoms. The average Bonchev–Trinajstić information content (AvgIpc) is 3.76. The minimum atomic E-state index is -1.09. The molecule has 1 aliphatic heterocycles. The number of nitrogens with two attached hydrogens (primary N) is 1. The van der Waals surface area contributed by atoms with E-state index >= 15 is 0 Å². The highest BCUT2D eigenvalue weighted by Crippen LogP contribution is 2.65. The van der Waals surface area contributed by atoms with Gasteiger partial charge in [-0.2, -0.15) is 0 Å². The van der Waals surface area contributed by atoms with E-state index in [1.807, 2.05) is 20.8 Å². The quantitative estimate of drug-likeness (QED) is 0.178. The monoisotopic (exact) mass is 629 g/mol. The van der Waals surface area contributed by atoms with Crippen LogP contribution in [0.2, 0.25) is 0 Å². The van der Waals surface area contributed by atoms with Gasteiger partial charge in [-0.05, 0) is 72.5 Å². The van der Waals surface area contributed by atoms with Crippen LogP contribution in [-0.4, -0.2) is 77.7 Å². The van der Waals surface area contributed by atoms with Gasteiger partial charge in [0.05, 0.1) is 12.6 Å². The van der Waals surface area contributed by atoms with Crippen LogP contribution in [0.3, 0.4) is 0 Å². The number of amides is 5. The van der Waals surface area contributed by atoms with Crippen molar-refractivity contribution in [3.63, 3.8) is 0 Å². The molecule has 0 aromatic rings. The van der Waals surface area contributed by atoms with Crippen LogP contribution in [-0.2, 0) is 28.7 Å². The van der Waals surface area contributed by atoms with Crippen LogP contribution in [0.25, 0.3) is 0 Å². The lowest BCUT2D eigenvalue weighted by Crippen LogP contribution is -2.62. The molecule has 12 nitrogen and oxygen atoms in total. The highest BCUT2D eigenvalue weighted by molar-refractivity contribution is 6.37. The molecule has 5 N–H and O–H groups in total. The van der Waals surface area contributed by atoms with Crippen LogP contribution in [0, 0.1) is 40.4 Å². The van der Waals surface area contributed by atoms with Crippen molar-refractivity contribution in [2.75, 3.05) is 13.2 Å². The van der Waals surface area contributed by atoms with Gasteiger partial charge < -0.3 is 31.3 Å². The number of esters is 1. The average molecular weight is 630 g/mol. The van der Waals surface area contributed by atoms with Crippen molar-refractivity contribution >= 4 is 35.5 Å². The molecule has 1 unspecified atom stereocenters. The molecule has 5 aliphatic rings. The predicted octanol–water partition coefficient (Wildman–Crippen LogP) is 2.03. The van der Waals surface area contributed by atoms with Crippen LogP contribution in [0.5, 0.6) is 0 Å². The van der Waals surface area contributed by atoms with Gasteiger partial charge in [-0.15, -0.1) is 0 Å². The van der Waals surface area contributed by atoms with E-state index < -0.39 is 65.1 Å². The third-order valence-electron chi connectivity index (χ3n) is 11.1. The lowest BCUT2D eigenvalue weighted by molar-refractivity contribution is -0.148. The smallest absolute Gasteiger partial charge is 0.328 e. The van der Waals surface area contributed by atoms with E-state index in [9.17, 15) is 28.8 Å². The van der Waals surface area contributed by atoms with Crippen molar-refractivity contribution in [1.29, 1.82) is 0 Å². The molecule has 0 spiro atoms. The predicted molar refractivity (Wildman–Crippen MR) is 164 cm³/mol. The summed E-state index contributed by atoms with van der Waals surface area (Å²) in [4.78, 5) is 80.5. The Hall–Kier alpha value is -3.18. The summed E-state index contributed by atoms with van der Waals surface area (Å²) in [5.74, 6) is -2.70. The Morgan fingerprint density at radius 2 is 1.56 bits per heavy atom. The van der Waals surface area contributed by atoms with Gasteiger partial charge in [0, 0.05) is 6.54 Å². The van der Waals surface area contributed by atoms with Crippen molar-refractivity contribution in [1.82, 2.24) is 20.9 Å². The van der Waals surface area contributed by atoms with E-state index in [4.69, 9.17) is 10.5 Å². The largest absolute Gasteiger partial charge is 0.464 e. The summed E-state index contributed by atoms with van der Waals surface area (Å²) in [6.07, 6.45) is 7.91. The SMILES string of the molecule is CC(C)(C)[C@H](NC(=O)N[C@H](C(=O)OCC1CC1)C1CCC1)C(=O)N1C[C@H]2[C@@H]([C@H]1C(=O)NC(CC1CCC1)C(=O)C(N)=O)C2(C)C. The molecule has 0 radical (unpaired) electrons. The number of urea groups is 1. The van der Waals surface area contributed by atoms with E-state index in [1.165, 1.54) is 4.90 Å². The highest BCUT2D eigenvalue weighted by atomic mass is 16.5. The van der Waals surface area contributed by atoms with Gasteiger partial charge in [-0.3, -0.25) is 19.2 Å². The number of primary amides is 1. The number of fused-ring (bicyclic) bond motifs is 1. The number of carbonyl (C=O) groups is 6. The Morgan fingerprint density at radius 3 is 2.07 bits per heavy atom. The van der Waals surface area contributed by atoms with E-state index in [2.05, 4.69) is 29.8 Å². The normalized spacial score (nSPS) is 27.5. The number of carbonyl (C=O) groups excluding carboxylic acids is 6. The summed E-state index contributed by atoms with van der Waals surface area (Å²) in [5, 5.41) is 8.42. The minimum absolute atomic E-state index is 0.0109.